The monoisotopic (exact) mass is 355 g/mol. The number of carbonyl (C=O) groups excluding carboxylic acids is 2. The highest BCUT2D eigenvalue weighted by atomic mass is 16.2. The van der Waals surface area contributed by atoms with Gasteiger partial charge >= 0.3 is 0 Å². The molecular weight excluding hydrogens is 326 g/mol. The zero-order valence-electron chi connectivity index (χ0n) is 15.6. The van der Waals surface area contributed by atoms with Gasteiger partial charge in [-0.1, -0.05) is 19.1 Å². The molecule has 2 aliphatic carbocycles. The molecule has 0 saturated heterocycles. The Morgan fingerprint density at radius 2 is 1.88 bits per heavy atom. The molecule has 1 aromatic carbocycles. The Morgan fingerprint density at radius 1 is 1.12 bits per heavy atom. The van der Waals surface area contributed by atoms with E-state index in [1.165, 1.54) is 5.56 Å². The van der Waals surface area contributed by atoms with Crippen LogP contribution in [-0.2, 0) is 11.2 Å². The number of hydrogen-bond acceptors (Lipinski definition) is 3. The van der Waals surface area contributed by atoms with Crippen LogP contribution in [0.2, 0.25) is 0 Å². The predicted octanol–water partition coefficient (Wildman–Crippen LogP) is 3.00. The Balaban J connectivity index is 1.38. The van der Waals surface area contributed by atoms with Crippen LogP contribution in [0.4, 0.5) is 5.69 Å². The second-order valence-corrected chi connectivity index (χ2v) is 8.44. The molecular formula is C21H29N3O2. The summed E-state index contributed by atoms with van der Waals surface area (Å²) in [6, 6.07) is 6.29. The first-order valence-corrected chi connectivity index (χ1v) is 10.0. The van der Waals surface area contributed by atoms with Crippen LogP contribution in [0.3, 0.4) is 0 Å². The number of carbonyl (C=O) groups is 2. The van der Waals surface area contributed by atoms with Crippen molar-refractivity contribution in [2.45, 2.75) is 70.4 Å². The third-order valence-electron chi connectivity index (χ3n) is 6.21. The summed E-state index contributed by atoms with van der Waals surface area (Å²) in [6.45, 7) is 2.96. The van der Waals surface area contributed by atoms with Crippen molar-refractivity contribution < 1.29 is 9.59 Å². The van der Waals surface area contributed by atoms with E-state index in [9.17, 15) is 9.59 Å². The van der Waals surface area contributed by atoms with Crippen molar-refractivity contribution in [3.05, 3.63) is 29.3 Å². The van der Waals surface area contributed by atoms with Crippen molar-refractivity contribution in [2.24, 2.45) is 5.41 Å². The number of hydrogen-bond donors (Lipinski definition) is 3. The average Bonchev–Trinajstić information content (AvgIpc) is 3.40. The average molecular weight is 355 g/mol. The molecule has 1 aromatic rings. The molecule has 5 nitrogen and oxygen atoms in total. The van der Waals surface area contributed by atoms with Gasteiger partial charge in [-0.05, 0) is 63.0 Å². The van der Waals surface area contributed by atoms with E-state index in [1.54, 1.807) is 0 Å². The van der Waals surface area contributed by atoms with Crippen LogP contribution in [0.5, 0.6) is 0 Å². The molecule has 5 heteroatoms. The number of benzene rings is 1. The molecule has 2 atom stereocenters. The van der Waals surface area contributed by atoms with Crippen LogP contribution < -0.4 is 16.0 Å². The van der Waals surface area contributed by atoms with Crippen LogP contribution in [0.15, 0.2) is 18.2 Å². The van der Waals surface area contributed by atoms with Gasteiger partial charge in [-0.3, -0.25) is 9.59 Å². The molecule has 0 spiro atoms. The smallest absolute Gasteiger partial charge is 0.253 e. The summed E-state index contributed by atoms with van der Waals surface area (Å²) in [5.74, 6) is 0.193. The summed E-state index contributed by atoms with van der Waals surface area (Å²) >= 11 is 0. The molecule has 0 bridgehead atoms. The molecule has 1 aliphatic heterocycles. The highest BCUT2D eigenvalue weighted by Crippen LogP contribution is 2.45. The maximum absolute atomic E-state index is 12.8. The van der Waals surface area contributed by atoms with Gasteiger partial charge in [0.25, 0.3) is 5.91 Å². The van der Waals surface area contributed by atoms with E-state index in [1.807, 2.05) is 19.1 Å². The topological polar surface area (TPSA) is 70.2 Å². The summed E-state index contributed by atoms with van der Waals surface area (Å²) in [5.41, 5.74) is 2.85. The van der Waals surface area contributed by atoms with Gasteiger partial charge in [-0.2, -0.15) is 0 Å². The van der Waals surface area contributed by atoms with Gasteiger partial charge in [0.1, 0.15) is 0 Å². The molecule has 0 unspecified atom stereocenters. The lowest BCUT2D eigenvalue weighted by Crippen LogP contribution is -2.47. The van der Waals surface area contributed by atoms with E-state index in [0.717, 1.165) is 69.2 Å². The summed E-state index contributed by atoms with van der Waals surface area (Å²) in [4.78, 5) is 25.1. The Hall–Kier alpha value is -2.04. The van der Waals surface area contributed by atoms with Crippen molar-refractivity contribution >= 4 is 17.5 Å². The van der Waals surface area contributed by atoms with Gasteiger partial charge in [0, 0.05) is 24.0 Å². The van der Waals surface area contributed by atoms with Crippen LogP contribution in [0.25, 0.3) is 0 Å². The summed E-state index contributed by atoms with van der Waals surface area (Å²) < 4.78 is 0. The highest BCUT2D eigenvalue weighted by Gasteiger charge is 2.45. The van der Waals surface area contributed by atoms with E-state index in [4.69, 9.17) is 0 Å². The number of amides is 2. The number of para-hydroxylation sites is 1. The summed E-state index contributed by atoms with van der Waals surface area (Å²) in [5, 5.41) is 9.81. The number of nitrogens with one attached hydrogen (secondary N) is 3. The van der Waals surface area contributed by atoms with Gasteiger partial charge in [0.05, 0.1) is 11.3 Å². The minimum absolute atomic E-state index is 0.00220. The molecule has 3 aliphatic rings. The Morgan fingerprint density at radius 3 is 2.65 bits per heavy atom. The highest BCUT2D eigenvalue weighted by molar-refractivity contribution is 6.00. The first-order valence-electron chi connectivity index (χ1n) is 10.0. The molecule has 140 valence electrons. The quantitative estimate of drug-likeness (QED) is 0.778. The van der Waals surface area contributed by atoms with Gasteiger partial charge in [0.2, 0.25) is 5.91 Å². The molecule has 4 rings (SSSR count). The van der Waals surface area contributed by atoms with E-state index >= 15 is 0 Å². The molecule has 0 aromatic heterocycles. The van der Waals surface area contributed by atoms with Crippen molar-refractivity contribution in [3.63, 3.8) is 0 Å². The second-order valence-electron chi connectivity index (χ2n) is 8.44. The van der Waals surface area contributed by atoms with E-state index in [0.29, 0.717) is 0 Å². The Labute approximate surface area is 155 Å². The van der Waals surface area contributed by atoms with Crippen LogP contribution in [0.1, 0.15) is 67.8 Å². The normalized spacial score (nSPS) is 26.2. The van der Waals surface area contributed by atoms with Crippen molar-refractivity contribution in [2.75, 3.05) is 11.9 Å². The van der Waals surface area contributed by atoms with Gasteiger partial charge in [-0.15, -0.1) is 0 Å². The van der Waals surface area contributed by atoms with Crippen LogP contribution >= 0.6 is 0 Å². The lowest BCUT2D eigenvalue weighted by atomic mass is 9.90. The van der Waals surface area contributed by atoms with Crippen LogP contribution in [-0.4, -0.2) is 30.4 Å². The minimum Gasteiger partial charge on any atom is -0.384 e. The fourth-order valence-corrected chi connectivity index (χ4v) is 4.19. The van der Waals surface area contributed by atoms with Gasteiger partial charge < -0.3 is 16.0 Å². The Bertz CT molecular complexity index is 711. The van der Waals surface area contributed by atoms with Gasteiger partial charge in [-0.25, -0.2) is 0 Å². The number of anilines is 1. The zero-order chi connectivity index (χ0) is 18.1. The Kier molecular flexibility index (Phi) is 4.63. The standard InChI is InChI=1S/C21H29N3O2/c1-21(10-11-21)20(26)24-16-8-3-7-15(13-16)23-19(25)17-9-2-5-14-6-4-12-22-18(14)17/h2,5,9,15-16,22H,3-4,6-8,10-13H2,1H3,(H,23,25)(H,24,26)/t15-,16-/m1/s1. The fraction of sp³-hybridized carbons (Fsp3) is 0.619. The molecule has 0 radical (unpaired) electrons. The van der Waals surface area contributed by atoms with E-state index in [2.05, 4.69) is 22.0 Å². The molecule has 2 saturated carbocycles. The lowest BCUT2D eigenvalue weighted by Gasteiger charge is -2.31. The SMILES string of the molecule is CC1(C(=O)N[C@@H]2CCC[C@@H](NC(=O)c3cccc4c3NCCC4)C2)CC1. The maximum atomic E-state index is 12.8. The van der Waals surface area contributed by atoms with Crippen LogP contribution in [0, 0.1) is 5.41 Å². The van der Waals surface area contributed by atoms with Crippen molar-refractivity contribution in [3.8, 4) is 0 Å². The minimum atomic E-state index is -0.134. The zero-order valence-corrected chi connectivity index (χ0v) is 15.6. The summed E-state index contributed by atoms with van der Waals surface area (Å²) in [7, 11) is 0. The number of aryl methyl sites for hydroxylation is 1. The number of rotatable bonds is 4. The molecule has 3 N–H and O–H groups in total. The first kappa shape index (κ1) is 17.4. The predicted molar refractivity (Wildman–Crippen MR) is 102 cm³/mol. The first-order chi connectivity index (χ1) is 12.5. The fourth-order valence-electron chi connectivity index (χ4n) is 4.19. The number of fused-ring (bicyclic) bond motifs is 1. The van der Waals surface area contributed by atoms with Crippen molar-refractivity contribution in [1.82, 2.24) is 10.6 Å². The van der Waals surface area contributed by atoms with Crippen molar-refractivity contribution in [1.29, 1.82) is 0 Å². The molecule has 2 amide bonds. The van der Waals surface area contributed by atoms with E-state index in [-0.39, 0.29) is 29.3 Å². The summed E-state index contributed by atoms with van der Waals surface area (Å²) in [6.07, 6.45) is 8.00. The largest absolute Gasteiger partial charge is 0.384 e. The van der Waals surface area contributed by atoms with Gasteiger partial charge in [0.15, 0.2) is 0 Å². The molecule has 1 heterocycles. The maximum Gasteiger partial charge on any atom is 0.253 e. The molecule has 26 heavy (non-hydrogen) atoms. The second kappa shape index (κ2) is 6.93. The third-order valence-corrected chi connectivity index (χ3v) is 6.21. The third kappa shape index (κ3) is 3.57. The molecule has 2 fully saturated rings. The van der Waals surface area contributed by atoms with E-state index < -0.39 is 0 Å². The lowest BCUT2D eigenvalue weighted by molar-refractivity contribution is -0.126.